The number of nitrogens with one attached hydrogen (secondary N) is 1. The maximum absolute atomic E-state index is 14.1. The van der Waals surface area contributed by atoms with Crippen molar-refractivity contribution >= 4 is 28.3 Å². The van der Waals surface area contributed by atoms with Gasteiger partial charge in [0.15, 0.2) is 5.88 Å². The second-order valence-corrected chi connectivity index (χ2v) is 9.41. The molecule has 6 nitrogen and oxygen atoms in total. The van der Waals surface area contributed by atoms with Crippen molar-refractivity contribution in [2.24, 2.45) is 5.92 Å². The van der Waals surface area contributed by atoms with Gasteiger partial charge in [0.1, 0.15) is 5.82 Å². The first kappa shape index (κ1) is 27.7. The number of hydrogen-bond donors (Lipinski definition) is 3. The lowest BCUT2D eigenvalue weighted by molar-refractivity contribution is -0.178. The lowest BCUT2D eigenvalue weighted by atomic mass is 9.85. The third-order valence-corrected chi connectivity index (χ3v) is 6.66. The minimum atomic E-state index is -4.65. The molecule has 0 saturated heterocycles. The van der Waals surface area contributed by atoms with Crippen LogP contribution in [-0.4, -0.2) is 32.8 Å². The van der Waals surface area contributed by atoms with E-state index in [1.165, 1.54) is 47.2 Å². The number of aromatic nitrogens is 1. The molecule has 0 aliphatic heterocycles. The molecule has 0 radical (unpaired) electrons. The van der Waals surface area contributed by atoms with E-state index in [1.54, 1.807) is 30.3 Å². The van der Waals surface area contributed by atoms with E-state index >= 15 is 0 Å². The molecule has 3 N–H and O–H groups in total. The molecule has 2 atom stereocenters. The second-order valence-electron chi connectivity index (χ2n) is 9.41. The van der Waals surface area contributed by atoms with E-state index in [-0.39, 0.29) is 41.9 Å². The maximum atomic E-state index is 14.1. The van der Waals surface area contributed by atoms with E-state index < -0.39 is 35.7 Å². The zero-order chi connectivity index (χ0) is 28.3. The number of anilines is 1. The van der Waals surface area contributed by atoms with Gasteiger partial charge in [0.05, 0.1) is 18.4 Å². The van der Waals surface area contributed by atoms with Crippen LogP contribution in [0.15, 0.2) is 72.9 Å². The number of nitrogens with zero attached hydrogens (tertiary/aromatic N) is 1. The molecule has 10 heteroatoms. The van der Waals surface area contributed by atoms with Gasteiger partial charge in [-0.15, -0.1) is 0 Å². The molecule has 0 fully saturated rings. The second kappa shape index (κ2) is 11.2. The first-order valence-corrected chi connectivity index (χ1v) is 12.2. The van der Waals surface area contributed by atoms with Gasteiger partial charge >= 0.3 is 12.1 Å². The molecule has 1 heterocycles. The molecule has 0 aliphatic rings. The minimum absolute atomic E-state index is 0.122. The molecular weight excluding hydrogens is 516 g/mol. The average Bonchev–Trinajstić information content (AvgIpc) is 3.20. The van der Waals surface area contributed by atoms with Crippen molar-refractivity contribution in [3.8, 4) is 5.88 Å². The largest absolute Gasteiger partial charge is 0.494 e. The van der Waals surface area contributed by atoms with E-state index in [0.717, 1.165) is 6.92 Å². The van der Waals surface area contributed by atoms with Crippen LogP contribution >= 0.6 is 0 Å². The highest BCUT2D eigenvalue weighted by Gasteiger charge is 2.45. The summed E-state index contributed by atoms with van der Waals surface area (Å²) in [5.41, 5.74) is 1.66. The Hall–Kier alpha value is -4.34. The Morgan fingerprint density at radius 1 is 0.974 bits per heavy atom. The monoisotopic (exact) mass is 542 g/mol. The van der Waals surface area contributed by atoms with Gasteiger partial charge in [-0.1, -0.05) is 49.4 Å². The average molecular weight is 543 g/mol. The highest BCUT2D eigenvalue weighted by Crippen LogP contribution is 2.38. The number of alkyl halides is 3. The molecule has 3 aromatic carbocycles. The summed E-state index contributed by atoms with van der Waals surface area (Å²) in [5, 5.41) is 22.5. The molecule has 0 bridgehead atoms. The van der Waals surface area contributed by atoms with Crippen molar-refractivity contribution < 1.29 is 37.4 Å². The highest BCUT2D eigenvalue weighted by atomic mass is 19.4. The number of benzene rings is 3. The first-order valence-electron chi connectivity index (χ1n) is 12.2. The van der Waals surface area contributed by atoms with Gasteiger partial charge in [0.2, 0.25) is 5.91 Å². The van der Waals surface area contributed by atoms with Gasteiger partial charge in [-0.2, -0.15) is 13.2 Å². The Morgan fingerprint density at radius 3 is 2.31 bits per heavy atom. The fraction of sp³-hybridized carbons (Fsp3) is 0.241. The SMILES string of the molecule is C[C@@H]([C@@H](C(=O)Nc1cccc(CCC(=O)O)c1)c1ccc(Cn2cc3c(F)cccc3c2O)cc1)C(F)(F)F. The Morgan fingerprint density at radius 2 is 1.67 bits per heavy atom. The molecule has 39 heavy (non-hydrogen) atoms. The van der Waals surface area contributed by atoms with Crippen LogP contribution in [0, 0.1) is 11.7 Å². The summed E-state index contributed by atoms with van der Waals surface area (Å²) in [4.78, 5) is 24.0. The van der Waals surface area contributed by atoms with Gasteiger partial charge in [-0.3, -0.25) is 9.59 Å². The number of aromatic hydroxyl groups is 1. The third-order valence-electron chi connectivity index (χ3n) is 6.66. The van der Waals surface area contributed by atoms with E-state index in [4.69, 9.17) is 5.11 Å². The van der Waals surface area contributed by atoms with Crippen LogP contribution in [0.2, 0.25) is 0 Å². The summed E-state index contributed by atoms with van der Waals surface area (Å²) in [7, 11) is 0. The first-order chi connectivity index (χ1) is 18.4. The zero-order valence-corrected chi connectivity index (χ0v) is 20.9. The Bertz CT molecular complexity index is 1500. The van der Waals surface area contributed by atoms with E-state index in [0.29, 0.717) is 16.5 Å². The van der Waals surface area contributed by atoms with Crippen LogP contribution in [0.3, 0.4) is 0 Å². The standard InChI is InChI=1S/C29H26F4N2O4/c1-17(29(31,32)33)26(27(38)34-21-5-2-4-18(14-21)10-13-25(36)37)20-11-8-19(9-12-20)15-35-16-23-22(28(35)39)6-3-7-24(23)30/h2-9,11-12,14,16-17,26,39H,10,13,15H2,1H3,(H,34,38)(H,36,37)/t17-,26+/m0/s1. The summed E-state index contributed by atoms with van der Waals surface area (Å²) in [5.74, 6) is -6.02. The normalized spacial score (nSPS) is 13.3. The lowest BCUT2D eigenvalue weighted by Gasteiger charge is -2.26. The number of rotatable bonds is 9. The maximum Gasteiger partial charge on any atom is 0.392 e. The minimum Gasteiger partial charge on any atom is -0.494 e. The fourth-order valence-corrected chi connectivity index (χ4v) is 4.51. The van der Waals surface area contributed by atoms with Crippen molar-refractivity contribution in [2.45, 2.75) is 38.4 Å². The van der Waals surface area contributed by atoms with E-state index in [9.17, 15) is 32.3 Å². The van der Waals surface area contributed by atoms with Gasteiger partial charge in [0, 0.05) is 29.1 Å². The number of carbonyl (C=O) groups excluding carboxylic acids is 1. The van der Waals surface area contributed by atoms with Crippen LogP contribution in [-0.2, 0) is 22.6 Å². The van der Waals surface area contributed by atoms with Crippen molar-refractivity contribution in [3.05, 3.63) is 95.4 Å². The van der Waals surface area contributed by atoms with Crippen LogP contribution in [0.4, 0.5) is 23.2 Å². The Balaban J connectivity index is 1.57. The molecular formula is C29H26F4N2O4. The summed E-state index contributed by atoms with van der Waals surface area (Å²) in [6.45, 7) is 1.08. The quantitative estimate of drug-likeness (QED) is 0.211. The summed E-state index contributed by atoms with van der Waals surface area (Å²) < 4.78 is 56.8. The van der Waals surface area contributed by atoms with Crippen molar-refractivity contribution in [2.75, 3.05) is 5.32 Å². The van der Waals surface area contributed by atoms with Crippen molar-refractivity contribution in [1.82, 2.24) is 4.57 Å². The smallest absolute Gasteiger partial charge is 0.392 e. The molecule has 0 aliphatic carbocycles. The van der Waals surface area contributed by atoms with Crippen molar-refractivity contribution in [1.29, 1.82) is 0 Å². The number of aryl methyl sites for hydroxylation is 1. The molecule has 4 rings (SSSR count). The van der Waals surface area contributed by atoms with Gasteiger partial charge in [-0.25, -0.2) is 4.39 Å². The van der Waals surface area contributed by atoms with Gasteiger partial charge in [0.25, 0.3) is 0 Å². The molecule has 0 saturated carbocycles. The predicted octanol–water partition coefficient (Wildman–Crippen LogP) is 6.47. The molecule has 0 unspecified atom stereocenters. The van der Waals surface area contributed by atoms with E-state index in [2.05, 4.69) is 5.32 Å². The third kappa shape index (κ3) is 6.39. The van der Waals surface area contributed by atoms with Crippen LogP contribution < -0.4 is 5.32 Å². The highest BCUT2D eigenvalue weighted by molar-refractivity contribution is 5.96. The summed E-state index contributed by atoms with van der Waals surface area (Å²) in [6, 6.07) is 16.7. The predicted molar refractivity (Wildman–Crippen MR) is 138 cm³/mol. The molecule has 204 valence electrons. The van der Waals surface area contributed by atoms with Crippen LogP contribution in [0.5, 0.6) is 5.88 Å². The molecule has 1 amide bonds. The number of carbonyl (C=O) groups is 2. The van der Waals surface area contributed by atoms with E-state index in [1.807, 2.05) is 0 Å². The number of hydrogen-bond acceptors (Lipinski definition) is 3. The molecule has 0 spiro atoms. The number of carboxylic acids is 1. The zero-order valence-electron chi connectivity index (χ0n) is 20.9. The van der Waals surface area contributed by atoms with Gasteiger partial charge < -0.3 is 20.1 Å². The molecule has 4 aromatic rings. The topological polar surface area (TPSA) is 91.6 Å². The number of fused-ring (bicyclic) bond motifs is 1. The lowest BCUT2D eigenvalue weighted by Crippen LogP contribution is -2.34. The van der Waals surface area contributed by atoms with Crippen LogP contribution in [0.25, 0.3) is 10.8 Å². The van der Waals surface area contributed by atoms with Crippen molar-refractivity contribution in [3.63, 3.8) is 0 Å². The number of carboxylic acid groups (broad SMARTS) is 1. The summed E-state index contributed by atoms with van der Waals surface area (Å²) in [6.07, 6.45) is -3.10. The Kier molecular flexibility index (Phi) is 7.94. The number of halogens is 4. The number of amides is 1. The van der Waals surface area contributed by atoms with Crippen LogP contribution in [0.1, 0.15) is 36.0 Å². The van der Waals surface area contributed by atoms with Gasteiger partial charge in [-0.05, 0) is 47.4 Å². The summed E-state index contributed by atoms with van der Waals surface area (Å²) >= 11 is 0. The fourth-order valence-electron chi connectivity index (χ4n) is 4.51. The Labute approximate surface area is 221 Å². The number of aliphatic carboxylic acids is 1. The molecule has 1 aromatic heterocycles.